The highest BCUT2D eigenvalue weighted by atomic mass is 127. The fourth-order valence-electron chi connectivity index (χ4n) is 3.37. The molecule has 0 spiro atoms. The highest BCUT2D eigenvalue weighted by molar-refractivity contribution is 14.1. The van der Waals surface area contributed by atoms with Crippen molar-refractivity contribution in [2.24, 2.45) is 0 Å². The maximum absolute atomic E-state index is 10.6. The van der Waals surface area contributed by atoms with E-state index in [1.54, 1.807) is 6.92 Å². The zero-order valence-corrected chi connectivity index (χ0v) is 17.2. The summed E-state index contributed by atoms with van der Waals surface area (Å²) in [6.07, 6.45) is 1.54. The van der Waals surface area contributed by atoms with Crippen LogP contribution in [0.15, 0.2) is 48.5 Å². The summed E-state index contributed by atoms with van der Waals surface area (Å²) < 4.78 is 7.03. The van der Waals surface area contributed by atoms with E-state index in [1.165, 1.54) is 9.13 Å². The molecule has 3 rings (SSSR count). The zero-order valence-electron chi connectivity index (χ0n) is 15.1. The van der Waals surface area contributed by atoms with Crippen LogP contribution >= 0.6 is 22.6 Å². The number of piperidine rings is 1. The lowest BCUT2D eigenvalue weighted by Gasteiger charge is -2.35. The van der Waals surface area contributed by atoms with Crippen LogP contribution in [0.2, 0.25) is 0 Å². The van der Waals surface area contributed by atoms with Gasteiger partial charge in [0.15, 0.2) is 0 Å². The summed E-state index contributed by atoms with van der Waals surface area (Å²) in [6, 6.07) is 16.2. The van der Waals surface area contributed by atoms with Crippen LogP contribution in [-0.4, -0.2) is 53.1 Å². The molecule has 140 valence electrons. The molecule has 2 N–H and O–H groups in total. The second-order valence-corrected chi connectivity index (χ2v) is 8.48. The number of nitrogens with zero attached hydrogens (tertiary/aromatic N) is 1. The Labute approximate surface area is 168 Å². The molecular weight excluding hydrogens is 441 g/mol. The lowest BCUT2D eigenvalue weighted by atomic mass is 10.0. The summed E-state index contributed by atoms with van der Waals surface area (Å²) >= 11 is 2.34. The van der Waals surface area contributed by atoms with Crippen molar-refractivity contribution >= 4 is 22.6 Å². The van der Waals surface area contributed by atoms with Gasteiger partial charge in [0.25, 0.3) is 0 Å². The van der Waals surface area contributed by atoms with Gasteiger partial charge < -0.3 is 14.9 Å². The second-order valence-electron chi connectivity index (χ2n) is 7.32. The van der Waals surface area contributed by atoms with Crippen LogP contribution in [0.4, 0.5) is 0 Å². The Bertz CT molecular complexity index is 717. The lowest BCUT2D eigenvalue weighted by molar-refractivity contribution is -0.0350. The Kier molecular flexibility index (Phi) is 6.55. The monoisotopic (exact) mass is 467 g/mol. The molecule has 0 aromatic heterocycles. The molecule has 0 aliphatic carbocycles. The van der Waals surface area contributed by atoms with E-state index >= 15 is 0 Å². The first-order valence-electron chi connectivity index (χ1n) is 9.03. The topological polar surface area (TPSA) is 52.9 Å². The molecule has 4 nitrogen and oxygen atoms in total. The van der Waals surface area contributed by atoms with E-state index in [1.807, 2.05) is 36.4 Å². The number of β-amino-alcohol motifs (C(OH)–C–C–N with tert-alkyl or cyclic N) is 2. The quantitative estimate of drug-likeness (QED) is 0.639. The van der Waals surface area contributed by atoms with E-state index in [4.69, 9.17) is 4.74 Å². The number of halogens is 1. The molecule has 0 radical (unpaired) electrons. The second kappa shape index (κ2) is 8.69. The number of hydrogen-bond donors (Lipinski definition) is 2. The van der Waals surface area contributed by atoms with Crippen molar-refractivity contribution in [3.05, 3.63) is 52.1 Å². The number of hydrogen-bond acceptors (Lipinski definition) is 4. The average Bonchev–Trinajstić information content (AvgIpc) is 2.61. The summed E-state index contributed by atoms with van der Waals surface area (Å²) in [6.45, 7) is 4.05. The van der Waals surface area contributed by atoms with Crippen LogP contribution in [0.3, 0.4) is 0 Å². The van der Waals surface area contributed by atoms with Gasteiger partial charge in [-0.2, -0.15) is 0 Å². The Hall–Kier alpha value is -1.15. The first-order chi connectivity index (χ1) is 12.4. The van der Waals surface area contributed by atoms with Gasteiger partial charge in [-0.3, -0.25) is 4.90 Å². The Morgan fingerprint density at radius 1 is 1.19 bits per heavy atom. The SMILES string of the molecule is CC(O)(COc1ccc(-c2ccccc2I)cc1)CN1CCCC(O)C1. The molecule has 0 bridgehead atoms. The summed E-state index contributed by atoms with van der Waals surface area (Å²) in [4.78, 5) is 2.11. The molecule has 2 atom stereocenters. The van der Waals surface area contributed by atoms with Gasteiger partial charge >= 0.3 is 0 Å². The minimum Gasteiger partial charge on any atom is -0.491 e. The normalized spacial score (nSPS) is 20.5. The van der Waals surface area contributed by atoms with Gasteiger partial charge in [0, 0.05) is 16.7 Å². The van der Waals surface area contributed by atoms with Crippen molar-refractivity contribution < 1.29 is 14.9 Å². The Morgan fingerprint density at radius 3 is 2.62 bits per heavy atom. The van der Waals surface area contributed by atoms with Crippen molar-refractivity contribution in [1.82, 2.24) is 4.90 Å². The fourth-order valence-corrected chi connectivity index (χ4v) is 4.07. The highest BCUT2D eigenvalue weighted by Crippen LogP contribution is 2.27. The molecule has 0 amide bonds. The van der Waals surface area contributed by atoms with Crippen molar-refractivity contribution in [3.63, 3.8) is 0 Å². The lowest BCUT2D eigenvalue weighted by Crippen LogP contribution is -2.49. The van der Waals surface area contributed by atoms with Gasteiger partial charge in [-0.05, 0) is 78.2 Å². The van der Waals surface area contributed by atoms with E-state index < -0.39 is 5.60 Å². The minimum atomic E-state index is -0.954. The van der Waals surface area contributed by atoms with Crippen LogP contribution in [-0.2, 0) is 0 Å². The number of aliphatic hydroxyl groups excluding tert-OH is 1. The molecule has 1 saturated heterocycles. The largest absolute Gasteiger partial charge is 0.491 e. The van der Waals surface area contributed by atoms with E-state index in [9.17, 15) is 10.2 Å². The molecule has 1 fully saturated rings. The summed E-state index contributed by atoms with van der Waals surface area (Å²) in [5.74, 6) is 0.749. The maximum Gasteiger partial charge on any atom is 0.119 e. The summed E-state index contributed by atoms with van der Waals surface area (Å²) in [5, 5.41) is 20.4. The number of ether oxygens (including phenoxy) is 1. The molecule has 1 aliphatic heterocycles. The third kappa shape index (κ3) is 5.42. The molecular formula is C21H26INO3. The van der Waals surface area contributed by atoms with Gasteiger partial charge in [0.1, 0.15) is 18.0 Å². The number of benzene rings is 2. The molecule has 2 aromatic rings. The fraction of sp³-hybridized carbons (Fsp3) is 0.429. The molecule has 26 heavy (non-hydrogen) atoms. The molecule has 0 saturated carbocycles. The standard InChI is InChI=1S/C21H26INO3/c1-21(25,14-23-12-4-5-17(24)13-23)15-26-18-10-8-16(9-11-18)19-6-2-3-7-20(19)22/h2-3,6-11,17,24-25H,4-5,12-15H2,1H3. The van der Waals surface area contributed by atoms with E-state index in [0.29, 0.717) is 13.1 Å². The van der Waals surface area contributed by atoms with Crippen molar-refractivity contribution in [2.45, 2.75) is 31.5 Å². The van der Waals surface area contributed by atoms with E-state index in [-0.39, 0.29) is 12.7 Å². The van der Waals surface area contributed by atoms with Crippen LogP contribution in [0.1, 0.15) is 19.8 Å². The molecule has 1 heterocycles. The van der Waals surface area contributed by atoms with Gasteiger partial charge in [-0.1, -0.05) is 30.3 Å². The molecule has 2 aromatic carbocycles. The third-order valence-electron chi connectivity index (χ3n) is 4.63. The molecule has 5 heteroatoms. The zero-order chi connectivity index (χ0) is 18.6. The van der Waals surface area contributed by atoms with Crippen molar-refractivity contribution in [2.75, 3.05) is 26.2 Å². The third-order valence-corrected chi connectivity index (χ3v) is 5.57. The van der Waals surface area contributed by atoms with Crippen LogP contribution in [0.25, 0.3) is 11.1 Å². The van der Waals surface area contributed by atoms with Gasteiger partial charge in [0.05, 0.1) is 6.10 Å². The predicted molar refractivity (Wildman–Crippen MR) is 112 cm³/mol. The number of likely N-dealkylation sites (tertiary alicyclic amines) is 1. The number of rotatable bonds is 6. The van der Waals surface area contributed by atoms with Crippen molar-refractivity contribution in [3.8, 4) is 16.9 Å². The molecule has 1 aliphatic rings. The van der Waals surface area contributed by atoms with Crippen LogP contribution < -0.4 is 4.74 Å². The average molecular weight is 467 g/mol. The Balaban J connectivity index is 1.56. The van der Waals surface area contributed by atoms with Gasteiger partial charge in [-0.25, -0.2) is 0 Å². The predicted octanol–water partition coefficient (Wildman–Crippen LogP) is 3.54. The van der Waals surface area contributed by atoms with Gasteiger partial charge in [-0.15, -0.1) is 0 Å². The van der Waals surface area contributed by atoms with Crippen LogP contribution in [0.5, 0.6) is 5.75 Å². The summed E-state index contributed by atoms with van der Waals surface area (Å²) in [5.41, 5.74) is 1.40. The van der Waals surface area contributed by atoms with Gasteiger partial charge in [0.2, 0.25) is 0 Å². The maximum atomic E-state index is 10.6. The first kappa shape index (κ1) is 19.6. The van der Waals surface area contributed by atoms with E-state index in [2.05, 4.69) is 39.6 Å². The minimum absolute atomic E-state index is 0.224. The van der Waals surface area contributed by atoms with E-state index in [0.717, 1.165) is 30.7 Å². The number of aliphatic hydroxyl groups is 2. The summed E-state index contributed by atoms with van der Waals surface area (Å²) in [7, 11) is 0. The first-order valence-corrected chi connectivity index (χ1v) is 10.1. The smallest absolute Gasteiger partial charge is 0.119 e. The van der Waals surface area contributed by atoms with Crippen LogP contribution in [0, 0.1) is 3.57 Å². The highest BCUT2D eigenvalue weighted by Gasteiger charge is 2.28. The van der Waals surface area contributed by atoms with Crippen molar-refractivity contribution in [1.29, 1.82) is 0 Å². The Morgan fingerprint density at radius 2 is 1.92 bits per heavy atom. The molecule has 2 unspecified atom stereocenters.